The summed E-state index contributed by atoms with van der Waals surface area (Å²) in [7, 11) is 0. The molecule has 2 aliphatic rings. The Kier molecular flexibility index (Phi) is 4.44. The molecule has 112 valence electrons. The number of isocyanates is 1. The van der Waals surface area contributed by atoms with Crippen LogP contribution in [0.3, 0.4) is 0 Å². The standard InChI is InChI=1S/C17H21ClN2O/c18-16-11-15(17(19-13-21)7-1-2-8-17)6-5-14(16)12-20-9-3-4-10-20/h5-6,11H,1-4,7-10,12H2. The third-order valence-electron chi connectivity index (χ3n) is 4.87. The van der Waals surface area contributed by atoms with Crippen LogP contribution in [0.2, 0.25) is 5.02 Å². The summed E-state index contributed by atoms with van der Waals surface area (Å²) < 4.78 is 0. The van der Waals surface area contributed by atoms with Crippen LogP contribution in [0.4, 0.5) is 0 Å². The summed E-state index contributed by atoms with van der Waals surface area (Å²) in [5.41, 5.74) is 1.86. The summed E-state index contributed by atoms with van der Waals surface area (Å²) in [5.74, 6) is 0. The van der Waals surface area contributed by atoms with E-state index in [9.17, 15) is 4.79 Å². The van der Waals surface area contributed by atoms with Crippen LogP contribution in [0, 0.1) is 0 Å². The Balaban J connectivity index is 1.84. The highest BCUT2D eigenvalue weighted by Gasteiger charge is 2.36. The average molecular weight is 305 g/mol. The zero-order valence-electron chi connectivity index (χ0n) is 12.3. The molecule has 2 fully saturated rings. The molecule has 0 bridgehead atoms. The third kappa shape index (κ3) is 3.06. The summed E-state index contributed by atoms with van der Waals surface area (Å²) >= 11 is 6.48. The van der Waals surface area contributed by atoms with Crippen molar-refractivity contribution in [1.29, 1.82) is 0 Å². The highest BCUT2D eigenvalue weighted by atomic mass is 35.5. The molecule has 3 rings (SSSR count). The highest BCUT2D eigenvalue weighted by molar-refractivity contribution is 6.31. The van der Waals surface area contributed by atoms with E-state index >= 15 is 0 Å². The molecule has 1 aromatic carbocycles. The summed E-state index contributed by atoms with van der Waals surface area (Å²) in [6.07, 6.45) is 8.39. The topological polar surface area (TPSA) is 32.7 Å². The second-order valence-electron chi connectivity index (χ2n) is 6.23. The zero-order valence-corrected chi connectivity index (χ0v) is 13.0. The van der Waals surface area contributed by atoms with E-state index in [2.05, 4.69) is 22.0 Å². The Bertz CT molecular complexity index is 554. The normalized spacial score (nSPS) is 21.4. The van der Waals surface area contributed by atoms with E-state index in [1.54, 1.807) is 6.08 Å². The first kappa shape index (κ1) is 14.8. The van der Waals surface area contributed by atoms with Gasteiger partial charge in [-0.25, -0.2) is 4.79 Å². The first-order chi connectivity index (χ1) is 10.2. The van der Waals surface area contributed by atoms with Gasteiger partial charge in [0.15, 0.2) is 0 Å². The molecule has 1 aliphatic heterocycles. The van der Waals surface area contributed by atoms with Crippen LogP contribution in [0.25, 0.3) is 0 Å². The molecule has 1 aliphatic carbocycles. The Morgan fingerprint density at radius 3 is 2.52 bits per heavy atom. The van der Waals surface area contributed by atoms with Gasteiger partial charge in [-0.3, -0.25) is 4.90 Å². The Morgan fingerprint density at radius 2 is 1.90 bits per heavy atom. The van der Waals surface area contributed by atoms with Crippen molar-refractivity contribution in [3.63, 3.8) is 0 Å². The summed E-state index contributed by atoms with van der Waals surface area (Å²) in [4.78, 5) is 17.4. The number of aliphatic imine (C=N–C) groups is 1. The van der Waals surface area contributed by atoms with E-state index in [0.29, 0.717) is 0 Å². The number of benzene rings is 1. The van der Waals surface area contributed by atoms with E-state index in [1.165, 1.54) is 18.4 Å². The van der Waals surface area contributed by atoms with Crippen molar-refractivity contribution in [2.45, 2.75) is 50.6 Å². The van der Waals surface area contributed by atoms with Crippen molar-refractivity contribution in [3.05, 3.63) is 34.3 Å². The van der Waals surface area contributed by atoms with Gasteiger partial charge in [0.05, 0.1) is 5.54 Å². The molecule has 0 atom stereocenters. The van der Waals surface area contributed by atoms with E-state index in [-0.39, 0.29) is 5.54 Å². The Labute approximate surface area is 131 Å². The van der Waals surface area contributed by atoms with Crippen LogP contribution < -0.4 is 0 Å². The van der Waals surface area contributed by atoms with Gasteiger partial charge in [0.2, 0.25) is 6.08 Å². The van der Waals surface area contributed by atoms with Gasteiger partial charge >= 0.3 is 0 Å². The summed E-state index contributed by atoms with van der Waals surface area (Å²) in [5, 5.41) is 0.798. The van der Waals surface area contributed by atoms with Crippen molar-refractivity contribution in [2.24, 2.45) is 4.99 Å². The molecule has 1 saturated heterocycles. The molecule has 0 spiro atoms. The molecule has 1 aromatic rings. The molecular formula is C17H21ClN2O. The van der Waals surface area contributed by atoms with Gasteiger partial charge in [0.25, 0.3) is 0 Å². The molecule has 0 aromatic heterocycles. The second-order valence-corrected chi connectivity index (χ2v) is 6.64. The van der Waals surface area contributed by atoms with Crippen molar-refractivity contribution in [2.75, 3.05) is 13.1 Å². The summed E-state index contributed by atoms with van der Waals surface area (Å²) in [6.45, 7) is 3.25. The van der Waals surface area contributed by atoms with E-state index in [0.717, 1.165) is 55.9 Å². The smallest absolute Gasteiger partial charge is 0.235 e. The maximum atomic E-state index is 10.8. The Morgan fingerprint density at radius 1 is 1.19 bits per heavy atom. The minimum absolute atomic E-state index is 0.377. The van der Waals surface area contributed by atoms with Gasteiger partial charge in [-0.15, -0.1) is 0 Å². The summed E-state index contributed by atoms with van der Waals surface area (Å²) in [6, 6.07) is 6.22. The Hall–Kier alpha value is -1.15. The van der Waals surface area contributed by atoms with Gasteiger partial charge < -0.3 is 0 Å². The molecule has 1 saturated carbocycles. The van der Waals surface area contributed by atoms with E-state index in [4.69, 9.17) is 11.6 Å². The van der Waals surface area contributed by atoms with Gasteiger partial charge in [0, 0.05) is 11.6 Å². The number of halogens is 1. The average Bonchev–Trinajstić information content (AvgIpc) is 3.14. The monoisotopic (exact) mass is 304 g/mol. The molecule has 0 amide bonds. The van der Waals surface area contributed by atoms with Crippen LogP contribution in [0.15, 0.2) is 23.2 Å². The number of carbonyl (C=O) groups excluding carboxylic acids is 1. The van der Waals surface area contributed by atoms with Crippen LogP contribution in [-0.2, 0) is 16.9 Å². The first-order valence-electron chi connectivity index (χ1n) is 7.84. The molecule has 4 heteroatoms. The first-order valence-corrected chi connectivity index (χ1v) is 8.22. The lowest BCUT2D eigenvalue weighted by Gasteiger charge is -2.24. The van der Waals surface area contributed by atoms with Crippen molar-refractivity contribution in [1.82, 2.24) is 4.90 Å². The zero-order chi connectivity index (χ0) is 14.7. The second kappa shape index (κ2) is 6.31. The van der Waals surface area contributed by atoms with Crippen LogP contribution in [0.5, 0.6) is 0 Å². The SMILES string of the molecule is O=C=NC1(c2ccc(CN3CCCC3)c(Cl)c2)CCCC1. The van der Waals surface area contributed by atoms with E-state index < -0.39 is 0 Å². The van der Waals surface area contributed by atoms with Gasteiger partial charge in [-0.05, 0) is 56.0 Å². The lowest BCUT2D eigenvalue weighted by atomic mass is 9.88. The molecule has 3 nitrogen and oxygen atoms in total. The maximum absolute atomic E-state index is 10.8. The molecule has 21 heavy (non-hydrogen) atoms. The molecular weight excluding hydrogens is 284 g/mol. The third-order valence-corrected chi connectivity index (χ3v) is 5.23. The van der Waals surface area contributed by atoms with Gasteiger partial charge in [0.1, 0.15) is 0 Å². The van der Waals surface area contributed by atoms with Crippen molar-refractivity contribution >= 4 is 17.7 Å². The predicted molar refractivity (Wildman–Crippen MR) is 84.2 cm³/mol. The maximum Gasteiger partial charge on any atom is 0.235 e. The number of nitrogens with zero attached hydrogens (tertiary/aromatic N) is 2. The van der Waals surface area contributed by atoms with Gasteiger partial charge in [-0.1, -0.05) is 36.6 Å². The molecule has 1 heterocycles. The van der Waals surface area contributed by atoms with Crippen molar-refractivity contribution in [3.8, 4) is 0 Å². The van der Waals surface area contributed by atoms with E-state index in [1.807, 2.05) is 6.07 Å². The molecule has 0 unspecified atom stereocenters. The number of hydrogen-bond acceptors (Lipinski definition) is 3. The fourth-order valence-electron chi connectivity index (χ4n) is 3.66. The minimum Gasteiger partial charge on any atom is -0.299 e. The number of hydrogen-bond donors (Lipinski definition) is 0. The van der Waals surface area contributed by atoms with Crippen LogP contribution in [-0.4, -0.2) is 24.1 Å². The largest absolute Gasteiger partial charge is 0.299 e. The van der Waals surface area contributed by atoms with Crippen LogP contribution >= 0.6 is 11.6 Å². The van der Waals surface area contributed by atoms with Gasteiger partial charge in [-0.2, -0.15) is 4.99 Å². The minimum atomic E-state index is -0.377. The quantitative estimate of drug-likeness (QED) is 0.621. The number of likely N-dealkylation sites (tertiary alicyclic amines) is 1. The number of rotatable bonds is 4. The lowest BCUT2D eigenvalue weighted by Crippen LogP contribution is -2.20. The molecule has 0 N–H and O–H groups in total. The van der Waals surface area contributed by atoms with Crippen molar-refractivity contribution < 1.29 is 4.79 Å². The fourth-order valence-corrected chi connectivity index (χ4v) is 3.90. The fraction of sp³-hybridized carbons (Fsp3) is 0.588. The highest BCUT2D eigenvalue weighted by Crippen LogP contribution is 2.43. The molecule has 0 radical (unpaired) electrons. The predicted octanol–water partition coefficient (Wildman–Crippen LogP) is 4.04. The van der Waals surface area contributed by atoms with Crippen LogP contribution in [0.1, 0.15) is 49.7 Å². The lowest BCUT2D eigenvalue weighted by molar-refractivity contribution is 0.331.